The van der Waals surface area contributed by atoms with E-state index < -0.39 is 11.5 Å². The van der Waals surface area contributed by atoms with Crippen LogP contribution in [-0.2, 0) is 17.9 Å². The zero-order chi connectivity index (χ0) is 26.6. The van der Waals surface area contributed by atoms with Crippen LogP contribution in [0.25, 0.3) is 17.3 Å². The topological polar surface area (TPSA) is 115 Å². The van der Waals surface area contributed by atoms with E-state index in [1.807, 2.05) is 6.07 Å². The molecule has 1 saturated heterocycles. The van der Waals surface area contributed by atoms with Crippen LogP contribution in [0.4, 0.5) is 5.82 Å². The number of piperidine rings is 1. The van der Waals surface area contributed by atoms with Gasteiger partial charge in [-0.1, -0.05) is 18.2 Å². The van der Waals surface area contributed by atoms with Crippen molar-refractivity contribution in [2.75, 3.05) is 18.4 Å². The number of nitrogens with one attached hydrogen (secondary N) is 1. The smallest absolute Gasteiger partial charge is 0.301 e. The van der Waals surface area contributed by atoms with Crippen molar-refractivity contribution < 1.29 is 14.0 Å². The van der Waals surface area contributed by atoms with E-state index in [0.29, 0.717) is 35.5 Å². The SMILES string of the molecule is C=Cc1ccc(-c2cc(NCc3ccc(Cl)s3)n(C(=O)c3cocn3)n2)c(=O)n1CC(=O)N1CCCCC1. The number of likely N-dealkylation sites (tertiary alicyclic amines) is 1. The van der Waals surface area contributed by atoms with Crippen molar-refractivity contribution in [2.45, 2.75) is 32.4 Å². The van der Waals surface area contributed by atoms with Crippen molar-refractivity contribution >= 4 is 46.6 Å². The van der Waals surface area contributed by atoms with Gasteiger partial charge < -0.3 is 14.6 Å². The molecule has 38 heavy (non-hydrogen) atoms. The quantitative estimate of drug-likeness (QED) is 0.345. The van der Waals surface area contributed by atoms with E-state index in [1.54, 1.807) is 35.2 Å². The summed E-state index contributed by atoms with van der Waals surface area (Å²) in [6.07, 6.45) is 6.94. The Morgan fingerprint density at radius 1 is 1.18 bits per heavy atom. The Kier molecular flexibility index (Phi) is 7.57. The van der Waals surface area contributed by atoms with Crippen molar-refractivity contribution in [1.82, 2.24) is 24.2 Å². The number of aromatic nitrogens is 4. The van der Waals surface area contributed by atoms with Gasteiger partial charge in [0.15, 0.2) is 12.1 Å². The molecule has 196 valence electrons. The summed E-state index contributed by atoms with van der Waals surface area (Å²) in [7, 11) is 0. The number of hydrogen-bond donors (Lipinski definition) is 1. The normalized spacial score (nSPS) is 13.4. The third-order valence-corrected chi connectivity index (χ3v) is 7.55. The first-order valence-corrected chi connectivity index (χ1v) is 13.3. The minimum atomic E-state index is -0.528. The van der Waals surface area contributed by atoms with Crippen molar-refractivity contribution in [3.05, 3.63) is 80.5 Å². The number of hydrogen-bond acceptors (Lipinski definition) is 8. The second-order valence-corrected chi connectivity index (χ2v) is 10.6. The molecule has 0 atom stereocenters. The maximum atomic E-state index is 13.6. The number of carbonyl (C=O) groups excluding carboxylic acids is 2. The summed E-state index contributed by atoms with van der Waals surface area (Å²) in [6, 6.07) is 8.63. The summed E-state index contributed by atoms with van der Waals surface area (Å²) in [6.45, 7) is 5.46. The molecule has 1 aliphatic heterocycles. The molecule has 10 nitrogen and oxygen atoms in total. The van der Waals surface area contributed by atoms with Crippen molar-refractivity contribution in [2.24, 2.45) is 0 Å². The van der Waals surface area contributed by atoms with Crippen LogP contribution in [0.15, 0.2) is 58.8 Å². The number of carbonyl (C=O) groups is 2. The summed E-state index contributed by atoms with van der Waals surface area (Å²) < 4.78 is 8.16. The number of thiophene rings is 1. The van der Waals surface area contributed by atoms with Gasteiger partial charge in [0.05, 0.1) is 16.4 Å². The largest absolute Gasteiger partial charge is 0.451 e. The van der Waals surface area contributed by atoms with E-state index in [-0.39, 0.29) is 29.4 Å². The van der Waals surface area contributed by atoms with Gasteiger partial charge >= 0.3 is 5.91 Å². The molecule has 0 aromatic carbocycles. The average molecular weight is 553 g/mol. The lowest BCUT2D eigenvalue weighted by Gasteiger charge is -2.27. The molecule has 0 saturated carbocycles. The first-order chi connectivity index (χ1) is 18.4. The number of pyridine rings is 1. The second-order valence-electron chi connectivity index (χ2n) is 8.77. The Hall–Kier alpha value is -3.96. The molecule has 1 fully saturated rings. The van der Waals surface area contributed by atoms with Crippen LogP contribution >= 0.6 is 22.9 Å². The molecule has 0 aliphatic carbocycles. The molecule has 4 aromatic rings. The number of amides is 1. The molecular weight excluding hydrogens is 528 g/mol. The summed E-state index contributed by atoms with van der Waals surface area (Å²) >= 11 is 7.46. The highest BCUT2D eigenvalue weighted by molar-refractivity contribution is 7.16. The van der Waals surface area contributed by atoms with Gasteiger partial charge in [0, 0.05) is 29.7 Å². The first kappa shape index (κ1) is 25.7. The fourth-order valence-electron chi connectivity index (χ4n) is 4.35. The zero-order valence-corrected chi connectivity index (χ0v) is 22.0. The predicted molar refractivity (Wildman–Crippen MR) is 145 cm³/mol. The first-order valence-electron chi connectivity index (χ1n) is 12.1. The van der Waals surface area contributed by atoms with Crippen LogP contribution in [0.5, 0.6) is 0 Å². The highest BCUT2D eigenvalue weighted by Crippen LogP contribution is 2.25. The molecule has 1 amide bonds. The number of nitrogens with zero attached hydrogens (tertiary/aromatic N) is 5. The molecule has 0 spiro atoms. The Labute approximate surface area is 227 Å². The van der Waals surface area contributed by atoms with Crippen LogP contribution in [0, 0.1) is 0 Å². The average Bonchev–Trinajstić information content (AvgIpc) is 3.70. The summed E-state index contributed by atoms with van der Waals surface area (Å²) in [5.74, 6) is -0.281. The van der Waals surface area contributed by atoms with E-state index in [9.17, 15) is 14.4 Å². The fraction of sp³-hybridized carbons (Fsp3) is 0.269. The van der Waals surface area contributed by atoms with Crippen molar-refractivity contribution in [3.63, 3.8) is 0 Å². The van der Waals surface area contributed by atoms with Crippen molar-refractivity contribution in [1.29, 1.82) is 0 Å². The van der Waals surface area contributed by atoms with Gasteiger partial charge in [-0.3, -0.25) is 19.0 Å². The van der Waals surface area contributed by atoms with E-state index in [0.717, 1.165) is 35.2 Å². The molecule has 0 unspecified atom stereocenters. The van der Waals surface area contributed by atoms with Gasteiger partial charge in [-0.15, -0.1) is 11.3 Å². The van der Waals surface area contributed by atoms with Crippen LogP contribution in [-0.4, -0.2) is 49.1 Å². The lowest BCUT2D eigenvalue weighted by molar-refractivity contribution is -0.132. The van der Waals surface area contributed by atoms with Crippen LogP contribution in [0.2, 0.25) is 4.34 Å². The lowest BCUT2D eigenvalue weighted by atomic mass is 10.1. The Morgan fingerprint density at radius 2 is 2.00 bits per heavy atom. The van der Waals surface area contributed by atoms with E-state index in [4.69, 9.17) is 16.0 Å². The molecular formula is C26H25ClN6O4S. The number of oxazole rings is 1. The molecule has 12 heteroatoms. The highest BCUT2D eigenvalue weighted by atomic mass is 35.5. The van der Waals surface area contributed by atoms with Crippen LogP contribution in [0.1, 0.15) is 40.3 Å². The van der Waals surface area contributed by atoms with Crippen molar-refractivity contribution in [3.8, 4) is 11.3 Å². The minimum Gasteiger partial charge on any atom is -0.451 e. The summed E-state index contributed by atoms with van der Waals surface area (Å²) in [5, 5.41) is 7.64. The van der Waals surface area contributed by atoms with E-state index >= 15 is 0 Å². The lowest BCUT2D eigenvalue weighted by Crippen LogP contribution is -2.40. The third kappa shape index (κ3) is 5.34. The Balaban J connectivity index is 1.50. The van der Waals surface area contributed by atoms with Gasteiger partial charge in [-0.25, -0.2) is 4.98 Å². The van der Waals surface area contributed by atoms with E-state index in [2.05, 4.69) is 22.0 Å². The minimum absolute atomic E-state index is 0.0633. The summed E-state index contributed by atoms with van der Waals surface area (Å²) in [4.78, 5) is 46.4. The maximum absolute atomic E-state index is 13.6. The predicted octanol–water partition coefficient (Wildman–Crippen LogP) is 4.37. The fourth-order valence-corrected chi connectivity index (χ4v) is 5.38. The maximum Gasteiger partial charge on any atom is 0.301 e. The van der Waals surface area contributed by atoms with Gasteiger partial charge in [0.2, 0.25) is 5.91 Å². The van der Waals surface area contributed by atoms with Gasteiger partial charge in [0.25, 0.3) is 5.56 Å². The standard InChI is InChI=1S/C26H25ClN6O4S/c1-2-17-6-8-19(25(35)32(17)14-24(34)31-10-4-3-5-11-31)20-12-23(28-13-18-7-9-22(27)38-18)33(30-20)26(36)21-15-37-16-29-21/h2,6-9,12,15-16,28H,1,3-5,10-11,13-14H2. The van der Waals surface area contributed by atoms with Crippen LogP contribution in [0.3, 0.4) is 0 Å². The van der Waals surface area contributed by atoms with Crippen LogP contribution < -0.4 is 10.9 Å². The third-order valence-electron chi connectivity index (χ3n) is 6.32. The zero-order valence-electron chi connectivity index (χ0n) is 20.4. The molecule has 1 aliphatic rings. The van der Waals surface area contributed by atoms with Gasteiger partial charge in [0.1, 0.15) is 24.3 Å². The molecule has 4 aromatic heterocycles. The monoisotopic (exact) mass is 552 g/mol. The Morgan fingerprint density at radius 3 is 2.68 bits per heavy atom. The number of halogens is 1. The van der Waals surface area contributed by atoms with E-state index in [1.165, 1.54) is 22.2 Å². The molecule has 0 radical (unpaired) electrons. The molecule has 0 bridgehead atoms. The molecule has 5 heterocycles. The second kappa shape index (κ2) is 11.2. The Bertz CT molecular complexity index is 1530. The molecule has 1 N–H and O–H groups in total. The van der Waals surface area contributed by atoms with Gasteiger partial charge in [-0.2, -0.15) is 9.78 Å². The number of rotatable bonds is 8. The summed E-state index contributed by atoms with van der Waals surface area (Å²) in [5.41, 5.74) is 0.704. The highest BCUT2D eigenvalue weighted by Gasteiger charge is 2.23. The number of anilines is 1. The molecule has 5 rings (SSSR count). The van der Waals surface area contributed by atoms with Gasteiger partial charge in [-0.05, 0) is 49.6 Å².